The maximum absolute atomic E-state index is 13.0. The summed E-state index contributed by atoms with van der Waals surface area (Å²) in [5.74, 6) is -0.527. The van der Waals surface area contributed by atoms with E-state index >= 15 is 0 Å². The Morgan fingerprint density at radius 1 is 1.04 bits per heavy atom. The van der Waals surface area contributed by atoms with E-state index in [4.69, 9.17) is 0 Å². The molecule has 1 aliphatic rings. The Morgan fingerprint density at radius 2 is 1.64 bits per heavy atom. The third kappa shape index (κ3) is 4.53. The number of halogens is 2. The molecule has 0 amide bonds. The first-order valence-electron chi connectivity index (χ1n) is 8.61. The largest absolute Gasteiger partial charge is 0.384 e. The molecule has 0 unspecified atom stereocenters. The van der Waals surface area contributed by atoms with Crippen LogP contribution in [0, 0.1) is 11.6 Å². The lowest BCUT2D eigenvalue weighted by Crippen LogP contribution is -2.41. The fourth-order valence-corrected chi connectivity index (χ4v) is 3.20. The molecular weight excluding hydrogens is 320 g/mol. The van der Waals surface area contributed by atoms with Crippen molar-refractivity contribution in [2.24, 2.45) is 0 Å². The molecule has 4 heteroatoms. The lowest BCUT2D eigenvalue weighted by molar-refractivity contribution is 0.0534. The summed E-state index contributed by atoms with van der Waals surface area (Å²) in [7, 11) is 0. The van der Waals surface area contributed by atoms with Crippen molar-refractivity contribution >= 4 is 5.57 Å². The van der Waals surface area contributed by atoms with Crippen LogP contribution in [0.15, 0.2) is 54.6 Å². The molecule has 2 aromatic carbocycles. The molecule has 2 aromatic rings. The van der Waals surface area contributed by atoms with Crippen LogP contribution in [0.25, 0.3) is 5.57 Å². The molecule has 0 spiro atoms. The van der Waals surface area contributed by atoms with E-state index in [0.29, 0.717) is 12.1 Å². The molecule has 1 aliphatic carbocycles. The van der Waals surface area contributed by atoms with Crippen molar-refractivity contribution in [3.63, 3.8) is 0 Å². The Labute approximate surface area is 147 Å². The van der Waals surface area contributed by atoms with Gasteiger partial charge in [0.2, 0.25) is 0 Å². The highest BCUT2D eigenvalue weighted by molar-refractivity contribution is 5.66. The first kappa shape index (κ1) is 17.8. The van der Waals surface area contributed by atoms with E-state index in [-0.39, 0.29) is 17.7 Å². The summed E-state index contributed by atoms with van der Waals surface area (Å²) in [6.45, 7) is 2.14. The second-order valence-electron chi connectivity index (χ2n) is 6.87. The first-order valence-corrected chi connectivity index (χ1v) is 8.61. The van der Waals surface area contributed by atoms with Crippen molar-refractivity contribution < 1.29 is 13.9 Å². The summed E-state index contributed by atoms with van der Waals surface area (Å²) in [6, 6.07) is 12.8. The van der Waals surface area contributed by atoms with E-state index in [1.165, 1.54) is 29.8 Å². The van der Waals surface area contributed by atoms with Crippen LogP contribution in [-0.2, 0) is 5.60 Å². The van der Waals surface area contributed by atoms with Crippen LogP contribution in [-0.4, -0.2) is 17.7 Å². The topological polar surface area (TPSA) is 32.3 Å². The predicted octanol–water partition coefficient (Wildman–Crippen LogP) is 4.40. The minimum Gasteiger partial charge on any atom is -0.384 e. The third-order valence-corrected chi connectivity index (χ3v) is 4.83. The lowest BCUT2D eigenvalue weighted by Gasteiger charge is -2.29. The normalized spacial score (nSPS) is 20.0. The quantitative estimate of drug-likeness (QED) is 0.843. The van der Waals surface area contributed by atoms with Crippen LogP contribution >= 0.6 is 0 Å². The number of aliphatic hydroxyl groups is 1. The fourth-order valence-electron chi connectivity index (χ4n) is 3.20. The molecule has 0 heterocycles. The number of allylic oxidation sites excluding steroid dienone is 1. The summed E-state index contributed by atoms with van der Waals surface area (Å²) in [5.41, 5.74) is 1.95. The zero-order valence-electron chi connectivity index (χ0n) is 14.3. The average molecular weight is 343 g/mol. The van der Waals surface area contributed by atoms with Gasteiger partial charge in [0.1, 0.15) is 11.6 Å². The van der Waals surface area contributed by atoms with Crippen molar-refractivity contribution in [3.8, 4) is 0 Å². The molecule has 25 heavy (non-hydrogen) atoms. The second kappa shape index (κ2) is 7.46. The zero-order valence-corrected chi connectivity index (χ0v) is 14.3. The SMILES string of the molecule is C[C@](O)(CN[C@@H]1CC=C(c2ccc(F)cc2)CC1)c1ccc(F)cc1. The van der Waals surface area contributed by atoms with Gasteiger partial charge in [-0.1, -0.05) is 30.3 Å². The number of hydrogen-bond donors (Lipinski definition) is 2. The van der Waals surface area contributed by atoms with Gasteiger partial charge in [-0.3, -0.25) is 0 Å². The Bertz CT molecular complexity index is 735. The molecule has 0 aromatic heterocycles. The maximum atomic E-state index is 13.0. The van der Waals surface area contributed by atoms with Crippen molar-refractivity contribution in [1.29, 1.82) is 0 Å². The molecular formula is C21H23F2NO. The number of benzene rings is 2. The van der Waals surface area contributed by atoms with Crippen LogP contribution in [0.4, 0.5) is 8.78 Å². The van der Waals surface area contributed by atoms with E-state index in [1.807, 2.05) is 12.1 Å². The van der Waals surface area contributed by atoms with Crippen LogP contribution < -0.4 is 5.32 Å². The summed E-state index contributed by atoms with van der Waals surface area (Å²) in [5, 5.41) is 14.0. The van der Waals surface area contributed by atoms with E-state index in [2.05, 4.69) is 11.4 Å². The van der Waals surface area contributed by atoms with Crippen molar-refractivity contribution in [1.82, 2.24) is 5.32 Å². The van der Waals surface area contributed by atoms with E-state index in [0.717, 1.165) is 24.8 Å². The molecule has 0 fully saturated rings. The maximum Gasteiger partial charge on any atom is 0.123 e. The van der Waals surface area contributed by atoms with Gasteiger partial charge in [0.25, 0.3) is 0 Å². The summed E-state index contributed by atoms with van der Waals surface area (Å²) < 4.78 is 26.0. The number of hydrogen-bond acceptors (Lipinski definition) is 2. The van der Waals surface area contributed by atoms with Crippen LogP contribution in [0.1, 0.15) is 37.3 Å². The molecule has 0 saturated carbocycles. The minimum absolute atomic E-state index is 0.220. The monoisotopic (exact) mass is 343 g/mol. The van der Waals surface area contributed by atoms with Gasteiger partial charge in [-0.15, -0.1) is 0 Å². The zero-order chi connectivity index (χ0) is 17.9. The highest BCUT2D eigenvalue weighted by atomic mass is 19.1. The highest BCUT2D eigenvalue weighted by Crippen LogP contribution is 2.28. The van der Waals surface area contributed by atoms with Gasteiger partial charge in [0.05, 0.1) is 5.60 Å². The van der Waals surface area contributed by atoms with E-state index in [1.54, 1.807) is 19.1 Å². The standard InChI is InChI=1S/C21H23F2NO/c1-21(25,17-6-10-19(23)11-7-17)14-24-20-12-4-16(5-13-20)15-2-8-18(22)9-3-15/h2-4,6-11,20,24-25H,5,12-14H2,1H3/t20-,21+/m1/s1. The molecule has 0 bridgehead atoms. The number of rotatable bonds is 5. The Balaban J connectivity index is 1.56. The molecule has 132 valence electrons. The Hall–Kier alpha value is -2.04. The van der Waals surface area contributed by atoms with Gasteiger partial charge in [-0.05, 0) is 67.2 Å². The van der Waals surface area contributed by atoms with E-state index < -0.39 is 5.60 Å². The average Bonchev–Trinajstić information content (AvgIpc) is 2.62. The molecule has 3 rings (SSSR count). The lowest BCUT2D eigenvalue weighted by atomic mass is 9.89. The Kier molecular flexibility index (Phi) is 5.30. The van der Waals surface area contributed by atoms with Gasteiger partial charge in [0, 0.05) is 12.6 Å². The number of nitrogens with one attached hydrogen (secondary N) is 1. The van der Waals surface area contributed by atoms with E-state index in [9.17, 15) is 13.9 Å². The summed E-state index contributed by atoms with van der Waals surface area (Å²) in [6.07, 6.45) is 4.93. The molecule has 2 N–H and O–H groups in total. The fraction of sp³-hybridized carbons (Fsp3) is 0.333. The van der Waals surface area contributed by atoms with Crippen molar-refractivity contribution in [2.75, 3.05) is 6.54 Å². The van der Waals surface area contributed by atoms with Gasteiger partial charge < -0.3 is 10.4 Å². The van der Waals surface area contributed by atoms with Crippen LogP contribution in [0.3, 0.4) is 0 Å². The summed E-state index contributed by atoms with van der Waals surface area (Å²) >= 11 is 0. The second-order valence-corrected chi connectivity index (χ2v) is 6.87. The van der Waals surface area contributed by atoms with Gasteiger partial charge >= 0.3 is 0 Å². The van der Waals surface area contributed by atoms with Crippen molar-refractivity contribution in [3.05, 3.63) is 77.4 Å². The van der Waals surface area contributed by atoms with Crippen LogP contribution in [0.2, 0.25) is 0 Å². The smallest absolute Gasteiger partial charge is 0.123 e. The molecule has 0 aliphatic heterocycles. The van der Waals surface area contributed by atoms with Gasteiger partial charge in [0.15, 0.2) is 0 Å². The van der Waals surface area contributed by atoms with Gasteiger partial charge in [-0.25, -0.2) is 8.78 Å². The summed E-state index contributed by atoms with van der Waals surface area (Å²) in [4.78, 5) is 0. The first-order chi connectivity index (χ1) is 11.9. The highest BCUT2D eigenvalue weighted by Gasteiger charge is 2.25. The molecule has 2 nitrogen and oxygen atoms in total. The molecule has 0 radical (unpaired) electrons. The van der Waals surface area contributed by atoms with Gasteiger partial charge in [-0.2, -0.15) is 0 Å². The van der Waals surface area contributed by atoms with Crippen LogP contribution in [0.5, 0.6) is 0 Å². The minimum atomic E-state index is -1.05. The molecule has 2 atom stereocenters. The molecule has 0 saturated heterocycles. The van der Waals surface area contributed by atoms with Crippen molar-refractivity contribution in [2.45, 2.75) is 37.8 Å². The Morgan fingerprint density at radius 3 is 2.20 bits per heavy atom. The third-order valence-electron chi connectivity index (χ3n) is 4.83. The predicted molar refractivity (Wildman–Crippen MR) is 96.0 cm³/mol.